The van der Waals surface area contributed by atoms with Crippen molar-refractivity contribution < 1.29 is 27.7 Å². The Labute approximate surface area is 194 Å². The second-order valence-electron chi connectivity index (χ2n) is 8.05. The van der Waals surface area contributed by atoms with E-state index in [1.165, 1.54) is 11.3 Å². The fourth-order valence-electron chi connectivity index (χ4n) is 3.98. The second kappa shape index (κ2) is 11.3. The van der Waals surface area contributed by atoms with Gasteiger partial charge in [-0.25, -0.2) is 13.2 Å². The van der Waals surface area contributed by atoms with E-state index in [-0.39, 0.29) is 19.0 Å². The molecule has 2 amide bonds. The minimum Gasteiger partial charge on any atom is -0.319 e. The molecule has 33 heavy (non-hydrogen) atoms. The predicted molar refractivity (Wildman–Crippen MR) is 120 cm³/mol. The number of hydrogen-bond donors (Lipinski definition) is 3. The zero-order valence-electron chi connectivity index (χ0n) is 18.3. The number of rotatable bonds is 8. The van der Waals surface area contributed by atoms with E-state index >= 15 is 0 Å². The topological polar surface area (TPSA) is 86.4 Å². The van der Waals surface area contributed by atoms with Crippen molar-refractivity contribution in [3.8, 4) is 6.07 Å². The van der Waals surface area contributed by atoms with Crippen LogP contribution in [0, 0.1) is 28.8 Å². The van der Waals surface area contributed by atoms with Gasteiger partial charge in [-0.1, -0.05) is 13.3 Å². The maximum absolute atomic E-state index is 13.8. The molecule has 1 unspecified atom stereocenters. The van der Waals surface area contributed by atoms with Gasteiger partial charge < -0.3 is 15.5 Å². The van der Waals surface area contributed by atoms with Gasteiger partial charge in [0.05, 0.1) is 17.8 Å². The van der Waals surface area contributed by atoms with Crippen LogP contribution < -0.4 is 15.5 Å². The standard InChI is InChI=1S/C23H25F3N4O2S/c1-2-10-30(12-19(31)28-17-9-8-16(24)21(25)22(17)26)13-20(32)29-23-15(11-27)14-6-4-3-5-7-18(14)33-23/h8-9H,2-7,10,12-13H2,1H3,(H,28,31)(H,29,32)/p+1. The number of hydrogen-bond acceptors (Lipinski definition) is 4. The average Bonchev–Trinajstić information content (AvgIpc) is 2.92. The van der Waals surface area contributed by atoms with Crippen LogP contribution in [0.4, 0.5) is 23.9 Å². The van der Waals surface area contributed by atoms with Crippen LogP contribution in [0.15, 0.2) is 12.1 Å². The fraction of sp³-hybridized carbons (Fsp3) is 0.435. The van der Waals surface area contributed by atoms with Gasteiger partial charge in [0.2, 0.25) is 0 Å². The number of thiophene rings is 1. The zero-order valence-corrected chi connectivity index (χ0v) is 19.1. The molecule has 0 bridgehead atoms. The number of carbonyl (C=O) groups excluding carboxylic acids is 2. The first-order valence-electron chi connectivity index (χ1n) is 10.9. The molecule has 1 aromatic carbocycles. The van der Waals surface area contributed by atoms with Gasteiger partial charge in [0, 0.05) is 4.88 Å². The monoisotopic (exact) mass is 479 g/mol. The third-order valence-corrected chi connectivity index (χ3v) is 6.73. The largest absolute Gasteiger partial charge is 0.319 e. The summed E-state index contributed by atoms with van der Waals surface area (Å²) in [4.78, 5) is 26.8. The van der Waals surface area contributed by atoms with Crippen LogP contribution in [0.2, 0.25) is 0 Å². The van der Waals surface area contributed by atoms with E-state index in [1.54, 1.807) is 0 Å². The summed E-state index contributed by atoms with van der Waals surface area (Å²) in [6.07, 6.45) is 5.63. The average molecular weight is 480 g/mol. The van der Waals surface area contributed by atoms with Crippen molar-refractivity contribution in [2.24, 2.45) is 0 Å². The molecule has 0 saturated carbocycles. The number of nitriles is 1. The van der Waals surface area contributed by atoms with Crippen LogP contribution in [-0.4, -0.2) is 31.4 Å². The molecular formula is C23H26F3N4O2S+. The summed E-state index contributed by atoms with van der Waals surface area (Å²) in [6.45, 7) is 2.20. The summed E-state index contributed by atoms with van der Waals surface area (Å²) >= 11 is 1.44. The first-order chi connectivity index (χ1) is 15.8. The third-order valence-electron chi connectivity index (χ3n) is 5.52. The van der Waals surface area contributed by atoms with E-state index in [0.717, 1.165) is 54.7 Å². The number of halogens is 3. The summed E-state index contributed by atoms with van der Waals surface area (Å²) in [5.41, 5.74) is 1.09. The van der Waals surface area contributed by atoms with Gasteiger partial charge in [-0.3, -0.25) is 9.59 Å². The Kier molecular flexibility index (Phi) is 8.47. The molecule has 0 fully saturated rings. The molecule has 2 aromatic rings. The van der Waals surface area contributed by atoms with E-state index in [1.807, 2.05) is 6.92 Å². The molecule has 1 aliphatic carbocycles. The Bertz CT molecular complexity index is 1080. The lowest BCUT2D eigenvalue weighted by molar-refractivity contribution is -0.883. The van der Waals surface area contributed by atoms with Gasteiger partial charge in [-0.05, 0) is 49.8 Å². The van der Waals surface area contributed by atoms with E-state index in [9.17, 15) is 28.0 Å². The summed E-state index contributed by atoms with van der Waals surface area (Å²) < 4.78 is 40.3. The lowest BCUT2D eigenvalue weighted by atomic mass is 10.1. The smallest absolute Gasteiger partial charge is 0.280 e. The predicted octanol–water partition coefficient (Wildman–Crippen LogP) is 3.18. The Morgan fingerprint density at radius 3 is 2.45 bits per heavy atom. The lowest BCUT2D eigenvalue weighted by Crippen LogP contribution is -3.14. The molecular weight excluding hydrogens is 453 g/mol. The maximum atomic E-state index is 13.8. The zero-order chi connectivity index (χ0) is 24.0. The number of anilines is 2. The molecule has 10 heteroatoms. The van der Waals surface area contributed by atoms with Gasteiger partial charge in [0.1, 0.15) is 11.1 Å². The van der Waals surface area contributed by atoms with Crippen molar-refractivity contribution in [1.82, 2.24) is 0 Å². The summed E-state index contributed by atoms with van der Waals surface area (Å²) in [7, 11) is 0. The van der Waals surface area contributed by atoms with Crippen LogP contribution in [0.3, 0.4) is 0 Å². The van der Waals surface area contributed by atoms with Crippen LogP contribution in [0.5, 0.6) is 0 Å². The number of carbonyl (C=O) groups is 2. The highest BCUT2D eigenvalue weighted by molar-refractivity contribution is 7.16. The van der Waals surface area contributed by atoms with Gasteiger partial charge in [-0.15, -0.1) is 11.3 Å². The van der Waals surface area contributed by atoms with Gasteiger partial charge in [0.15, 0.2) is 30.5 Å². The van der Waals surface area contributed by atoms with Gasteiger partial charge in [-0.2, -0.15) is 5.26 Å². The molecule has 0 saturated heterocycles. The van der Waals surface area contributed by atoms with Crippen molar-refractivity contribution in [3.05, 3.63) is 45.6 Å². The summed E-state index contributed by atoms with van der Waals surface area (Å²) in [5, 5.41) is 15.2. The Hall–Kier alpha value is -2.90. The first kappa shape index (κ1) is 24.7. The third kappa shape index (κ3) is 6.12. The SMILES string of the molecule is CCC[NH+](CC(=O)Nc1ccc(F)c(F)c1F)CC(=O)Nc1sc2c(c1C#N)CCCCC2. The number of quaternary nitrogens is 1. The van der Waals surface area contributed by atoms with Crippen LogP contribution >= 0.6 is 11.3 Å². The van der Waals surface area contributed by atoms with Crippen molar-refractivity contribution in [2.45, 2.75) is 45.4 Å². The molecule has 3 rings (SSSR count). The van der Waals surface area contributed by atoms with Crippen LogP contribution in [0.1, 0.15) is 48.6 Å². The molecule has 1 heterocycles. The molecule has 0 radical (unpaired) electrons. The molecule has 6 nitrogen and oxygen atoms in total. The van der Waals surface area contributed by atoms with E-state index < -0.39 is 29.0 Å². The molecule has 0 aliphatic heterocycles. The van der Waals surface area contributed by atoms with E-state index in [2.05, 4.69) is 16.7 Å². The van der Waals surface area contributed by atoms with Crippen molar-refractivity contribution in [1.29, 1.82) is 5.26 Å². The molecule has 3 N–H and O–H groups in total. The highest BCUT2D eigenvalue weighted by Gasteiger charge is 2.24. The highest BCUT2D eigenvalue weighted by Crippen LogP contribution is 2.36. The second-order valence-corrected chi connectivity index (χ2v) is 9.16. The van der Waals surface area contributed by atoms with E-state index in [0.29, 0.717) is 28.4 Å². The molecule has 1 atom stereocenters. The summed E-state index contributed by atoms with van der Waals surface area (Å²) in [6, 6.07) is 3.90. The first-order valence-corrected chi connectivity index (χ1v) is 11.8. The Morgan fingerprint density at radius 2 is 1.76 bits per heavy atom. The highest BCUT2D eigenvalue weighted by atomic mass is 32.1. The molecule has 0 spiro atoms. The quantitative estimate of drug-likeness (QED) is 0.402. The van der Waals surface area contributed by atoms with Gasteiger partial charge >= 0.3 is 0 Å². The van der Waals surface area contributed by atoms with Crippen LogP contribution in [0.25, 0.3) is 0 Å². The number of nitrogens with zero attached hydrogens (tertiary/aromatic N) is 1. The van der Waals surface area contributed by atoms with Crippen molar-refractivity contribution >= 4 is 33.8 Å². The normalized spacial score (nSPS) is 14.0. The Balaban J connectivity index is 1.64. The molecule has 176 valence electrons. The number of aryl methyl sites for hydroxylation is 1. The van der Waals surface area contributed by atoms with Crippen molar-refractivity contribution in [2.75, 3.05) is 30.3 Å². The fourth-order valence-corrected chi connectivity index (χ4v) is 5.24. The van der Waals surface area contributed by atoms with E-state index in [4.69, 9.17) is 0 Å². The minimum absolute atomic E-state index is 0.0328. The lowest BCUT2D eigenvalue weighted by Gasteiger charge is -2.18. The summed E-state index contributed by atoms with van der Waals surface area (Å²) in [5.74, 6) is -5.44. The number of benzene rings is 1. The van der Waals surface area contributed by atoms with Crippen molar-refractivity contribution in [3.63, 3.8) is 0 Å². The molecule has 1 aliphatic rings. The number of fused-ring (bicyclic) bond motifs is 1. The minimum atomic E-state index is -1.66. The molecule has 1 aromatic heterocycles. The Morgan fingerprint density at radius 1 is 1.06 bits per heavy atom. The number of amides is 2. The number of nitrogens with one attached hydrogen (secondary N) is 3. The maximum Gasteiger partial charge on any atom is 0.280 e. The van der Waals surface area contributed by atoms with Crippen LogP contribution in [-0.2, 0) is 22.4 Å². The van der Waals surface area contributed by atoms with Gasteiger partial charge in [0.25, 0.3) is 11.8 Å².